The fourth-order valence-electron chi connectivity index (χ4n) is 2.27. The molecule has 2 aromatic heterocycles. The van der Waals surface area contributed by atoms with Crippen molar-refractivity contribution < 1.29 is 4.74 Å². The summed E-state index contributed by atoms with van der Waals surface area (Å²) in [6.45, 7) is 4.73. The molecule has 2 N–H and O–H groups in total. The Morgan fingerprint density at radius 2 is 2.05 bits per heavy atom. The zero-order valence-electron chi connectivity index (χ0n) is 12.0. The average molecular weight is 283 g/mol. The molecule has 3 rings (SSSR count). The van der Waals surface area contributed by atoms with Gasteiger partial charge < -0.3 is 10.5 Å². The second-order valence-electron chi connectivity index (χ2n) is 4.78. The lowest BCUT2D eigenvalue weighted by Crippen LogP contribution is -2.01. The summed E-state index contributed by atoms with van der Waals surface area (Å²) in [5.41, 5.74) is 9.50. The highest BCUT2D eigenvalue weighted by Gasteiger charge is 2.08. The first-order valence-electron chi connectivity index (χ1n) is 6.87. The van der Waals surface area contributed by atoms with E-state index in [1.807, 2.05) is 44.2 Å². The number of nitrogens with zero attached hydrogens (tertiary/aromatic N) is 4. The van der Waals surface area contributed by atoms with Gasteiger partial charge >= 0.3 is 0 Å². The van der Waals surface area contributed by atoms with Gasteiger partial charge in [-0.25, -0.2) is 4.98 Å². The van der Waals surface area contributed by atoms with Crippen molar-refractivity contribution in [2.45, 2.75) is 20.0 Å². The number of nitrogens with two attached hydrogens (primary N) is 1. The number of hydrogen-bond donors (Lipinski definition) is 1. The minimum atomic E-state index is 0.0843. The third kappa shape index (κ3) is 2.57. The number of fused-ring (bicyclic) bond motifs is 1. The molecule has 0 spiro atoms. The normalized spacial score (nSPS) is 12.7. The standard InChI is InChI=1S/C15H17N5O/c1-3-21-10(2)11-4-6-12(7-5-11)13-8-14-19-17-9-20(14)15(16)18-13/h4-10H,3H2,1-2H3,(H2,16,18)/t10-/m1/s1. The van der Waals surface area contributed by atoms with Crippen LogP contribution in [-0.2, 0) is 4.74 Å². The Kier molecular flexibility index (Phi) is 3.53. The molecule has 0 fully saturated rings. The van der Waals surface area contributed by atoms with Gasteiger partial charge in [0.1, 0.15) is 6.33 Å². The fourth-order valence-corrected chi connectivity index (χ4v) is 2.27. The lowest BCUT2D eigenvalue weighted by atomic mass is 10.1. The molecule has 0 aliphatic carbocycles. The van der Waals surface area contributed by atoms with Gasteiger partial charge in [0.15, 0.2) is 5.65 Å². The largest absolute Gasteiger partial charge is 0.374 e. The van der Waals surface area contributed by atoms with Crippen LogP contribution in [0.4, 0.5) is 5.95 Å². The fraction of sp³-hybridized carbons (Fsp3) is 0.267. The van der Waals surface area contributed by atoms with Gasteiger partial charge in [-0.1, -0.05) is 24.3 Å². The van der Waals surface area contributed by atoms with Gasteiger partial charge in [0.25, 0.3) is 0 Å². The molecule has 0 saturated carbocycles. The molecule has 0 aliphatic heterocycles. The number of ether oxygens (including phenoxy) is 1. The van der Waals surface area contributed by atoms with Gasteiger partial charge in [-0.15, -0.1) is 10.2 Å². The minimum Gasteiger partial charge on any atom is -0.374 e. The molecule has 6 heteroatoms. The van der Waals surface area contributed by atoms with E-state index in [1.165, 1.54) is 0 Å². The van der Waals surface area contributed by atoms with Gasteiger partial charge in [-0.2, -0.15) is 0 Å². The van der Waals surface area contributed by atoms with Crippen molar-refractivity contribution in [1.29, 1.82) is 0 Å². The molecule has 0 amide bonds. The second-order valence-corrected chi connectivity index (χ2v) is 4.78. The molecule has 1 aromatic carbocycles. The predicted octanol–water partition coefficient (Wildman–Crippen LogP) is 2.47. The van der Waals surface area contributed by atoms with Crippen molar-refractivity contribution in [1.82, 2.24) is 19.6 Å². The first kappa shape index (κ1) is 13.5. The van der Waals surface area contributed by atoms with Crippen molar-refractivity contribution >= 4 is 11.6 Å². The maximum atomic E-state index is 5.91. The molecule has 0 radical (unpaired) electrons. The van der Waals surface area contributed by atoms with E-state index in [4.69, 9.17) is 10.5 Å². The average Bonchev–Trinajstić information content (AvgIpc) is 2.97. The molecule has 3 aromatic rings. The number of anilines is 1. The lowest BCUT2D eigenvalue weighted by Gasteiger charge is -2.12. The summed E-state index contributed by atoms with van der Waals surface area (Å²) in [5, 5.41) is 7.84. The summed E-state index contributed by atoms with van der Waals surface area (Å²) < 4.78 is 7.23. The first-order chi connectivity index (χ1) is 10.2. The summed E-state index contributed by atoms with van der Waals surface area (Å²) in [5.74, 6) is 0.374. The molecule has 108 valence electrons. The monoisotopic (exact) mass is 283 g/mol. The van der Waals surface area contributed by atoms with Crippen LogP contribution in [0.1, 0.15) is 25.5 Å². The van der Waals surface area contributed by atoms with E-state index in [0.717, 1.165) is 16.8 Å². The molecule has 2 heterocycles. The Bertz CT molecular complexity index is 750. The summed E-state index contributed by atoms with van der Waals surface area (Å²) in [6.07, 6.45) is 1.63. The van der Waals surface area contributed by atoms with Crippen LogP contribution in [0, 0.1) is 0 Å². The highest BCUT2D eigenvalue weighted by atomic mass is 16.5. The molecular formula is C15H17N5O. The topological polar surface area (TPSA) is 78.3 Å². The smallest absolute Gasteiger partial charge is 0.207 e. The van der Waals surface area contributed by atoms with Crippen LogP contribution >= 0.6 is 0 Å². The predicted molar refractivity (Wildman–Crippen MR) is 80.7 cm³/mol. The molecule has 0 unspecified atom stereocenters. The minimum absolute atomic E-state index is 0.0843. The summed E-state index contributed by atoms with van der Waals surface area (Å²) >= 11 is 0. The van der Waals surface area contributed by atoms with E-state index in [2.05, 4.69) is 15.2 Å². The summed E-state index contributed by atoms with van der Waals surface area (Å²) in [4.78, 5) is 4.38. The quantitative estimate of drug-likeness (QED) is 0.795. The van der Waals surface area contributed by atoms with Crippen LogP contribution in [0.15, 0.2) is 36.7 Å². The Labute approximate surface area is 122 Å². The van der Waals surface area contributed by atoms with E-state index in [1.54, 1.807) is 10.7 Å². The van der Waals surface area contributed by atoms with Crippen LogP contribution in [0.25, 0.3) is 16.9 Å². The van der Waals surface area contributed by atoms with Crippen LogP contribution in [-0.4, -0.2) is 26.2 Å². The maximum absolute atomic E-state index is 5.91. The second kappa shape index (κ2) is 5.49. The van der Waals surface area contributed by atoms with Gasteiger partial charge in [-0.3, -0.25) is 4.40 Å². The number of nitrogen functional groups attached to an aromatic ring is 1. The van der Waals surface area contributed by atoms with E-state index in [9.17, 15) is 0 Å². The third-order valence-corrected chi connectivity index (χ3v) is 3.41. The van der Waals surface area contributed by atoms with Gasteiger partial charge in [0.05, 0.1) is 11.8 Å². The van der Waals surface area contributed by atoms with Crippen molar-refractivity contribution in [3.05, 3.63) is 42.2 Å². The first-order valence-corrected chi connectivity index (χ1v) is 6.87. The van der Waals surface area contributed by atoms with Crippen LogP contribution in [0.5, 0.6) is 0 Å². The third-order valence-electron chi connectivity index (χ3n) is 3.41. The lowest BCUT2D eigenvalue weighted by molar-refractivity contribution is 0.0764. The summed E-state index contributed by atoms with van der Waals surface area (Å²) in [7, 11) is 0. The Morgan fingerprint density at radius 1 is 1.29 bits per heavy atom. The van der Waals surface area contributed by atoms with Gasteiger partial charge in [0, 0.05) is 18.2 Å². The molecule has 1 atom stereocenters. The summed E-state index contributed by atoms with van der Waals surface area (Å²) in [6, 6.07) is 9.98. The Balaban J connectivity index is 1.95. The molecule has 21 heavy (non-hydrogen) atoms. The molecular weight excluding hydrogens is 266 g/mol. The molecule has 6 nitrogen and oxygen atoms in total. The van der Waals surface area contributed by atoms with Crippen LogP contribution in [0.3, 0.4) is 0 Å². The maximum Gasteiger partial charge on any atom is 0.207 e. The van der Waals surface area contributed by atoms with E-state index >= 15 is 0 Å². The SMILES string of the molecule is CCO[C@H](C)c1ccc(-c2cc3nncn3c(N)n2)cc1. The zero-order chi connectivity index (χ0) is 14.8. The van der Waals surface area contributed by atoms with Crippen molar-refractivity contribution in [3.63, 3.8) is 0 Å². The van der Waals surface area contributed by atoms with Crippen molar-refractivity contribution in [3.8, 4) is 11.3 Å². The van der Waals surface area contributed by atoms with Crippen LogP contribution in [0.2, 0.25) is 0 Å². The number of rotatable bonds is 4. The molecule has 0 saturated heterocycles. The van der Waals surface area contributed by atoms with Crippen molar-refractivity contribution in [2.75, 3.05) is 12.3 Å². The van der Waals surface area contributed by atoms with Gasteiger partial charge in [-0.05, 0) is 19.4 Å². The van der Waals surface area contributed by atoms with Crippen LogP contribution < -0.4 is 5.73 Å². The van der Waals surface area contributed by atoms with E-state index < -0.39 is 0 Å². The van der Waals surface area contributed by atoms with Crippen molar-refractivity contribution in [2.24, 2.45) is 0 Å². The van der Waals surface area contributed by atoms with E-state index in [0.29, 0.717) is 18.2 Å². The number of benzene rings is 1. The highest BCUT2D eigenvalue weighted by molar-refractivity contribution is 5.65. The molecule has 0 bridgehead atoms. The number of aromatic nitrogens is 4. The number of hydrogen-bond acceptors (Lipinski definition) is 5. The van der Waals surface area contributed by atoms with Gasteiger partial charge in [0.2, 0.25) is 5.95 Å². The highest BCUT2D eigenvalue weighted by Crippen LogP contribution is 2.23. The zero-order valence-corrected chi connectivity index (χ0v) is 12.0. The Morgan fingerprint density at radius 3 is 2.76 bits per heavy atom. The van der Waals surface area contributed by atoms with E-state index in [-0.39, 0.29) is 6.10 Å². The Hall–Kier alpha value is -2.47. The molecule has 0 aliphatic rings.